The van der Waals surface area contributed by atoms with Crippen LogP contribution in [0.5, 0.6) is 5.88 Å². The minimum absolute atomic E-state index is 0.303. The molecule has 0 fully saturated rings. The van der Waals surface area contributed by atoms with Crippen molar-refractivity contribution in [2.75, 3.05) is 6.61 Å². The summed E-state index contributed by atoms with van der Waals surface area (Å²) in [5.74, 6) is 0.422. The van der Waals surface area contributed by atoms with Crippen molar-refractivity contribution in [3.05, 3.63) is 57.8 Å². The van der Waals surface area contributed by atoms with Crippen molar-refractivity contribution in [2.24, 2.45) is 0 Å². The molecule has 0 amide bonds. The molecule has 9 heteroatoms. The van der Waals surface area contributed by atoms with E-state index < -0.39 is 5.69 Å². The van der Waals surface area contributed by atoms with Crippen LogP contribution in [0.25, 0.3) is 11.0 Å². The molecule has 3 aromatic rings. The van der Waals surface area contributed by atoms with Gasteiger partial charge in [-0.2, -0.15) is 4.98 Å². The molecule has 0 radical (unpaired) electrons. The topological polar surface area (TPSA) is 131 Å². The Kier molecular flexibility index (Phi) is 6.33. The number of pyridine rings is 1. The van der Waals surface area contributed by atoms with Gasteiger partial charge >= 0.3 is 11.4 Å². The first-order valence-electron chi connectivity index (χ1n) is 7.11. The fourth-order valence-electron chi connectivity index (χ4n) is 1.65. The van der Waals surface area contributed by atoms with Gasteiger partial charge in [-0.15, -0.1) is 0 Å². The molecule has 0 aromatic carbocycles. The van der Waals surface area contributed by atoms with E-state index in [9.17, 15) is 14.4 Å². The Hall–Kier alpha value is -3.36. The third-order valence-corrected chi connectivity index (χ3v) is 2.74. The van der Waals surface area contributed by atoms with Gasteiger partial charge in [0.2, 0.25) is 5.88 Å². The number of carbonyl (C=O) groups is 1. The fraction of sp³-hybridized carbons (Fsp3) is 0.200. The van der Waals surface area contributed by atoms with Crippen LogP contribution in [0, 0.1) is 0 Å². The summed E-state index contributed by atoms with van der Waals surface area (Å²) in [6.45, 7) is 0.423. The van der Waals surface area contributed by atoms with Crippen LogP contribution in [0.15, 0.2) is 46.4 Å². The number of hydrogen-bond acceptors (Lipinski definition) is 7. The van der Waals surface area contributed by atoms with Crippen molar-refractivity contribution >= 4 is 17.3 Å². The van der Waals surface area contributed by atoms with Gasteiger partial charge in [-0.25, -0.2) is 19.6 Å². The molecule has 124 valence electrons. The van der Waals surface area contributed by atoms with Crippen LogP contribution in [0.3, 0.4) is 0 Å². The lowest BCUT2D eigenvalue weighted by Crippen LogP contribution is -2.09. The summed E-state index contributed by atoms with van der Waals surface area (Å²) in [6, 6.07) is 5.12. The summed E-state index contributed by atoms with van der Waals surface area (Å²) in [6.07, 6.45) is 6.40. The second kappa shape index (κ2) is 8.93. The van der Waals surface area contributed by atoms with Crippen molar-refractivity contribution in [3.63, 3.8) is 0 Å². The molecule has 9 nitrogen and oxygen atoms in total. The molecule has 0 bridgehead atoms. The summed E-state index contributed by atoms with van der Waals surface area (Å²) in [7, 11) is 0. The first-order valence-corrected chi connectivity index (χ1v) is 7.11. The Morgan fingerprint density at radius 2 is 2.04 bits per heavy atom. The average molecular weight is 329 g/mol. The molecule has 0 saturated heterocycles. The maximum absolute atomic E-state index is 11.0. The van der Waals surface area contributed by atoms with Gasteiger partial charge in [0.25, 0.3) is 0 Å². The van der Waals surface area contributed by atoms with Crippen LogP contribution in [0.4, 0.5) is 0 Å². The molecule has 3 heterocycles. The summed E-state index contributed by atoms with van der Waals surface area (Å²) in [5, 5.41) is 0.741. The van der Waals surface area contributed by atoms with Gasteiger partial charge in [-0.3, -0.25) is 4.98 Å². The largest absolute Gasteiger partial charge is 0.478 e. The molecule has 0 saturated carbocycles. The highest BCUT2D eigenvalue weighted by Crippen LogP contribution is 2.12. The number of aromatic amines is 2. The Morgan fingerprint density at radius 3 is 2.71 bits per heavy atom. The lowest BCUT2D eigenvalue weighted by atomic mass is 10.3. The van der Waals surface area contributed by atoms with Gasteiger partial charge < -0.3 is 14.5 Å². The fourth-order valence-corrected chi connectivity index (χ4v) is 1.65. The van der Waals surface area contributed by atoms with Crippen molar-refractivity contribution < 1.29 is 9.53 Å². The first kappa shape index (κ1) is 17.0. The maximum Gasteiger partial charge on any atom is 0.346 e. The molecule has 0 aliphatic heterocycles. The van der Waals surface area contributed by atoms with Gasteiger partial charge in [-0.1, -0.05) is 0 Å². The van der Waals surface area contributed by atoms with Gasteiger partial charge in [-0.05, 0) is 18.6 Å². The van der Waals surface area contributed by atoms with Crippen LogP contribution in [-0.2, 0) is 4.79 Å². The molecule has 0 spiro atoms. The second-order valence-corrected chi connectivity index (χ2v) is 4.52. The predicted octanol–water partition coefficient (Wildman–Crippen LogP) is 0.446. The van der Waals surface area contributed by atoms with Gasteiger partial charge in [0.05, 0.1) is 6.61 Å². The van der Waals surface area contributed by atoms with E-state index in [0.29, 0.717) is 31.0 Å². The maximum atomic E-state index is 11.0. The summed E-state index contributed by atoms with van der Waals surface area (Å²) in [5.41, 5.74) is -0.302. The molecule has 3 rings (SSSR count). The highest BCUT2D eigenvalue weighted by molar-refractivity contribution is 5.73. The number of ether oxygens (including phenoxy) is 1. The van der Waals surface area contributed by atoms with E-state index >= 15 is 0 Å². The van der Waals surface area contributed by atoms with E-state index in [2.05, 4.69) is 24.9 Å². The molecular formula is C15H15N5O4. The molecule has 0 unspecified atom stereocenters. The summed E-state index contributed by atoms with van der Waals surface area (Å²) in [4.78, 5) is 47.2. The SMILES string of the molecule is O=CCCCOc1ccc2cnc(=O)[nH]c2n1.O=c1nccc[nH]1. The molecule has 24 heavy (non-hydrogen) atoms. The smallest absolute Gasteiger partial charge is 0.346 e. The molecule has 0 aliphatic carbocycles. The lowest BCUT2D eigenvalue weighted by Gasteiger charge is -2.04. The van der Waals surface area contributed by atoms with Crippen LogP contribution >= 0.6 is 0 Å². The zero-order valence-electron chi connectivity index (χ0n) is 12.6. The number of fused-ring (bicyclic) bond motifs is 1. The normalized spacial score (nSPS) is 9.83. The number of hydrogen-bond donors (Lipinski definition) is 2. The van der Waals surface area contributed by atoms with E-state index in [1.165, 1.54) is 18.6 Å². The number of aldehydes is 1. The number of aromatic nitrogens is 5. The van der Waals surface area contributed by atoms with Crippen LogP contribution < -0.4 is 16.1 Å². The van der Waals surface area contributed by atoms with Crippen LogP contribution in [-0.4, -0.2) is 37.8 Å². The Morgan fingerprint density at radius 1 is 1.17 bits per heavy atom. The number of rotatable bonds is 5. The Bertz CT molecular complexity index is 888. The zero-order chi connectivity index (χ0) is 17.2. The standard InChI is InChI=1S/C11H11N3O3.C4H4N2O/c15-5-1-2-6-17-9-4-3-8-7-12-11(16)14-10(8)13-9;7-4-5-2-1-3-6-4/h3-5,7H,1-2,6H2,(H,12,13,14,16);1-3H,(H,5,6,7). The van der Waals surface area contributed by atoms with Crippen molar-refractivity contribution in [3.8, 4) is 5.88 Å². The second-order valence-electron chi connectivity index (χ2n) is 4.52. The zero-order valence-corrected chi connectivity index (χ0v) is 12.6. The summed E-state index contributed by atoms with van der Waals surface area (Å²) < 4.78 is 5.34. The first-order chi connectivity index (χ1) is 11.7. The number of carbonyl (C=O) groups excluding carboxylic acids is 1. The monoisotopic (exact) mass is 329 g/mol. The highest BCUT2D eigenvalue weighted by atomic mass is 16.5. The van der Waals surface area contributed by atoms with E-state index in [0.717, 1.165) is 11.7 Å². The van der Waals surface area contributed by atoms with E-state index in [1.807, 2.05) is 0 Å². The molecule has 2 N–H and O–H groups in total. The van der Waals surface area contributed by atoms with Crippen LogP contribution in [0.2, 0.25) is 0 Å². The van der Waals surface area contributed by atoms with Crippen LogP contribution in [0.1, 0.15) is 12.8 Å². The molecule has 0 aliphatic rings. The Balaban J connectivity index is 0.000000249. The third kappa shape index (κ3) is 5.44. The average Bonchev–Trinajstić information content (AvgIpc) is 2.59. The highest BCUT2D eigenvalue weighted by Gasteiger charge is 2.00. The third-order valence-electron chi connectivity index (χ3n) is 2.74. The van der Waals surface area contributed by atoms with E-state index in [-0.39, 0.29) is 5.69 Å². The number of unbranched alkanes of at least 4 members (excludes halogenated alkanes) is 1. The summed E-state index contributed by atoms with van der Waals surface area (Å²) >= 11 is 0. The molecular weight excluding hydrogens is 314 g/mol. The number of H-pyrrole nitrogens is 2. The van der Waals surface area contributed by atoms with Crippen molar-refractivity contribution in [1.82, 2.24) is 24.9 Å². The minimum atomic E-state index is -0.442. The van der Waals surface area contributed by atoms with E-state index in [4.69, 9.17) is 4.74 Å². The van der Waals surface area contributed by atoms with Crippen molar-refractivity contribution in [2.45, 2.75) is 12.8 Å². The number of nitrogens with one attached hydrogen (secondary N) is 2. The van der Waals surface area contributed by atoms with Gasteiger partial charge in [0.15, 0.2) is 0 Å². The molecule has 0 atom stereocenters. The minimum Gasteiger partial charge on any atom is -0.478 e. The van der Waals surface area contributed by atoms with Crippen molar-refractivity contribution in [1.29, 1.82) is 0 Å². The van der Waals surface area contributed by atoms with Gasteiger partial charge in [0.1, 0.15) is 11.9 Å². The van der Waals surface area contributed by atoms with Gasteiger partial charge in [0, 0.05) is 36.5 Å². The quantitative estimate of drug-likeness (QED) is 0.513. The van der Waals surface area contributed by atoms with E-state index in [1.54, 1.807) is 18.2 Å². The predicted molar refractivity (Wildman–Crippen MR) is 85.8 cm³/mol. The molecule has 3 aromatic heterocycles. The number of nitrogens with zero attached hydrogens (tertiary/aromatic N) is 3. The lowest BCUT2D eigenvalue weighted by molar-refractivity contribution is -0.108. The Labute approximate surface area is 135 Å².